The highest BCUT2D eigenvalue weighted by atomic mass is 16.8. The molecule has 1 aromatic heterocycles. The lowest BCUT2D eigenvalue weighted by atomic mass is 9.67. The second kappa shape index (κ2) is 10.4. The molecule has 8 nitrogen and oxygen atoms in total. The summed E-state index contributed by atoms with van der Waals surface area (Å²) in [7, 11) is 0. The van der Waals surface area contributed by atoms with E-state index in [0.29, 0.717) is 29.7 Å². The summed E-state index contributed by atoms with van der Waals surface area (Å²) >= 11 is 0. The Kier molecular flexibility index (Phi) is 8.31. The van der Waals surface area contributed by atoms with E-state index in [4.69, 9.17) is 13.9 Å². The van der Waals surface area contributed by atoms with Crippen molar-refractivity contribution < 1.29 is 33.7 Å². The molecule has 0 aromatic carbocycles. The Morgan fingerprint density at radius 3 is 2.16 bits per heavy atom. The van der Waals surface area contributed by atoms with E-state index >= 15 is 0 Å². The predicted molar refractivity (Wildman–Crippen MR) is 138 cm³/mol. The lowest BCUT2D eigenvalue weighted by molar-refractivity contribution is -0.449. The van der Waals surface area contributed by atoms with Crippen LogP contribution in [0.2, 0.25) is 0 Å². The Bertz CT molecular complexity index is 1100. The van der Waals surface area contributed by atoms with E-state index in [1.807, 2.05) is 6.92 Å². The molecular formula is C29H44O8. The number of aliphatic hydroxyl groups excluding tert-OH is 1. The number of Topliss-reactive ketones (excluding diaryl/α,β-unsaturated/α-hetero) is 2. The largest absolute Gasteiger partial charge is 0.465 e. The van der Waals surface area contributed by atoms with Gasteiger partial charge in [0.05, 0.1) is 24.0 Å². The minimum Gasteiger partial charge on any atom is -0.465 e. The van der Waals surface area contributed by atoms with Crippen LogP contribution in [0.15, 0.2) is 9.21 Å². The number of hydrogen-bond acceptors (Lipinski definition) is 8. The van der Waals surface area contributed by atoms with Gasteiger partial charge in [-0.3, -0.25) is 14.4 Å². The molecule has 10 unspecified atom stereocenters. The van der Waals surface area contributed by atoms with Gasteiger partial charge < -0.3 is 24.1 Å². The molecule has 10 atom stereocenters. The summed E-state index contributed by atoms with van der Waals surface area (Å²) in [5.74, 6) is -7.45. The van der Waals surface area contributed by atoms with Crippen molar-refractivity contribution in [1.82, 2.24) is 0 Å². The first kappa shape index (κ1) is 29.7. The van der Waals surface area contributed by atoms with Crippen molar-refractivity contribution in [3.8, 4) is 0 Å². The lowest BCUT2D eigenvalue weighted by Gasteiger charge is -2.60. The van der Waals surface area contributed by atoms with Crippen LogP contribution in [-0.2, 0) is 25.5 Å². The van der Waals surface area contributed by atoms with Crippen molar-refractivity contribution in [1.29, 1.82) is 0 Å². The van der Waals surface area contributed by atoms with Gasteiger partial charge in [0, 0.05) is 47.6 Å². The first-order valence-electron chi connectivity index (χ1n) is 13.6. The van der Waals surface area contributed by atoms with E-state index in [9.17, 15) is 24.6 Å². The maximum atomic E-state index is 13.5. The fourth-order valence-electron chi connectivity index (χ4n) is 6.41. The van der Waals surface area contributed by atoms with Crippen LogP contribution in [0.5, 0.6) is 0 Å². The average molecular weight is 521 g/mol. The van der Waals surface area contributed by atoms with Gasteiger partial charge in [-0.15, -0.1) is 0 Å². The molecule has 208 valence electrons. The molecule has 1 spiro atoms. The monoisotopic (exact) mass is 520 g/mol. The van der Waals surface area contributed by atoms with E-state index in [1.54, 1.807) is 62.3 Å². The molecule has 0 radical (unpaired) electrons. The zero-order valence-corrected chi connectivity index (χ0v) is 23.9. The van der Waals surface area contributed by atoms with Crippen LogP contribution in [0.4, 0.5) is 0 Å². The van der Waals surface area contributed by atoms with E-state index in [1.165, 1.54) is 0 Å². The minimum atomic E-state index is -2.04. The van der Waals surface area contributed by atoms with Gasteiger partial charge in [0.15, 0.2) is 17.0 Å². The molecule has 2 saturated heterocycles. The Labute approximate surface area is 219 Å². The third-order valence-corrected chi connectivity index (χ3v) is 9.31. The van der Waals surface area contributed by atoms with Crippen LogP contribution < -0.4 is 5.43 Å². The molecule has 1 aromatic rings. The van der Waals surface area contributed by atoms with Gasteiger partial charge in [0.1, 0.15) is 23.1 Å². The van der Waals surface area contributed by atoms with Crippen molar-refractivity contribution in [3.63, 3.8) is 0 Å². The van der Waals surface area contributed by atoms with Crippen LogP contribution in [0, 0.1) is 43.4 Å². The summed E-state index contributed by atoms with van der Waals surface area (Å²) < 4.78 is 19.2. The average Bonchev–Trinajstić information content (AvgIpc) is 2.88. The minimum absolute atomic E-state index is 0.0421. The second-order valence-corrected chi connectivity index (χ2v) is 11.3. The van der Waals surface area contributed by atoms with E-state index in [-0.39, 0.29) is 22.8 Å². The Morgan fingerprint density at radius 1 is 1.03 bits per heavy atom. The summed E-state index contributed by atoms with van der Waals surface area (Å²) in [5.41, 5.74) is 0.710. The smallest absolute Gasteiger partial charge is 0.191 e. The number of rotatable bonds is 6. The van der Waals surface area contributed by atoms with Gasteiger partial charge in [0.25, 0.3) is 0 Å². The third kappa shape index (κ3) is 4.44. The number of hydrogen-bond donors (Lipinski definition) is 2. The number of carbonyl (C=O) groups is 2. The second-order valence-electron chi connectivity index (χ2n) is 11.3. The van der Waals surface area contributed by atoms with Crippen molar-refractivity contribution >= 4 is 11.6 Å². The van der Waals surface area contributed by atoms with Crippen LogP contribution in [0.3, 0.4) is 0 Å². The quantitative estimate of drug-likeness (QED) is 0.580. The molecule has 0 aliphatic carbocycles. The SMILES string of the molecule is CCC(=O)C(C)C1OC2(OC(O)(C(C)c3oc(CC)c(C)c(=O)c3C)C(C)C(O)C2C)C(C)C(=O)C1C. The van der Waals surface area contributed by atoms with Crippen molar-refractivity contribution in [3.05, 3.63) is 32.9 Å². The highest BCUT2D eigenvalue weighted by Gasteiger charge is 2.66. The molecule has 2 fully saturated rings. The Balaban J connectivity index is 2.16. The highest BCUT2D eigenvalue weighted by Crippen LogP contribution is 2.54. The molecular weight excluding hydrogens is 476 g/mol. The fraction of sp³-hybridized carbons (Fsp3) is 0.759. The zero-order valence-electron chi connectivity index (χ0n) is 23.9. The van der Waals surface area contributed by atoms with Crippen molar-refractivity contribution in [2.75, 3.05) is 0 Å². The summed E-state index contributed by atoms with van der Waals surface area (Å²) in [5, 5.41) is 23.6. The molecule has 0 amide bonds. The topological polar surface area (TPSA) is 123 Å². The zero-order chi connectivity index (χ0) is 28.2. The van der Waals surface area contributed by atoms with E-state index in [2.05, 4.69) is 0 Å². The molecule has 2 N–H and O–H groups in total. The summed E-state index contributed by atoms with van der Waals surface area (Å²) in [6, 6.07) is 0. The van der Waals surface area contributed by atoms with Gasteiger partial charge in [-0.1, -0.05) is 55.4 Å². The molecule has 0 bridgehead atoms. The number of carbonyl (C=O) groups excluding carboxylic acids is 2. The third-order valence-electron chi connectivity index (χ3n) is 9.31. The van der Waals surface area contributed by atoms with Crippen molar-refractivity contribution in [2.24, 2.45) is 29.6 Å². The van der Waals surface area contributed by atoms with Gasteiger partial charge in [0.2, 0.25) is 0 Å². The summed E-state index contributed by atoms with van der Waals surface area (Å²) in [6.45, 7) is 17.3. The van der Waals surface area contributed by atoms with Gasteiger partial charge in [-0.2, -0.15) is 0 Å². The maximum Gasteiger partial charge on any atom is 0.191 e. The molecule has 2 aliphatic heterocycles. The van der Waals surface area contributed by atoms with E-state index < -0.39 is 59.3 Å². The first-order valence-corrected chi connectivity index (χ1v) is 13.6. The molecule has 0 saturated carbocycles. The summed E-state index contributed by atoms with van der Waals surface area (Å²) in [4.78, 5) is 39.1. The summed E-state index contributed by atoms with van der Waals surface area (Å²) in [6.07, 6.45) is -1.08. The van der Waals surface area contributed by atoms with Crippen LogP contribution in [-0.4, -0.2) is 45.6 Å². The number of ketones is 2. The molecule has 3 rings (SSSR count). The highest BCUT2D eigenvalue weighted by molar-refractivity contribution is 5.87. The van der Waals surface area contributed by atoms with Crippen molar-refractivity contribution in [2.45, 2.75) is 112 Å². The lowest BCUT2D eigenvalue weighted by Crippen LogP contribution is -2.72. The molecule has 2 aliphatic rings. The predicted octanol–water partition coefficient (Wildman–Crippen LogP) is 3.83. The molecule has 37 heavy (non-hydrogen) atoms. The van der Waals surface area contributed by atoms with E-state index in [0.717, 1.165) is 0 Å². The van der Waals surface area contributed by atoms with Gasteiger partial charge in [-0.05, 0) is 13.8 Å². The molecule has 3 heterocycles. The number of ether oxygens (including phenoxy) is 2. The Hall–Kier alpha value is -1.87. The van der Waals surface area contributed by atoms with Gasteiger partial charge in [-0.25, -0.2) is 0 Å². The van der Waals surface area contributed by atoms with Gasteiger partial charge >= 0.3 is 0 Å². The Morgan fingerprint density at radius 2 is 1.62 bits per heavy atom. The number of aryl methyl sites for hydroxylation is 1. The molecule has 8 heteroatoms. The van der Waals surface area contributed by atoms with Crippen LogP contribution >= 0.6 is 0 Å². The standard InChI is InChI=1S/C29H44O8/c1-11-21(30)13(3)26-16(6)24(32)18(8)29(36-26)19(9)25(33)17(7)28(34,37-29)20(10)27-15(5)23(31)14(4)22(12-2)35-27/h13,16-20,25-26,33-34H,11-12H2,1-10H3. The normalized spacial score (nSPS) is 38.0. The fourth-order valence-corrected chi connectivity index (χ4v) is 6.41. The van der Waals surface area contributed by atoms with Crippen LogP contribution in [0.1, 0.15) is 90.4 Å². The first-order chi connectivity index (χ1) is 17.1. The maximum absolute atomic E-state index is 13.5. The van der Waals surface area contributed by atoms with Crippen LogP contribution in [0.25, 0.3) is 0 Å². The number of aliphatic hydroxyl groups is 2.